The van der Waals surface area contributed by atoms with Crippen LogP contribution in [0.4, 0.5) is 11.4 Å². The highest BCUT2D eigenvalue weighted by molar-refractivity contribution is 6.50. The number of hydrazone groups is 1. The number of hydrogen-bond donors (Lipinski definition) is 6. The average Bonchev–Trinajstić information content (AvgIpc) is 2.84. The first-order valence-corrected chi connectivity index (χ1v) is 10.5. The van der Waals surface area contributed by atoms with E-state index in [1.54, 1.807) is 48.5 Å². The number of fused-ring (bicyclic) bond motifs is 2. The number of anilines is 2. The smallest absolute Gasteiger partial charge is 0.196 e. The third-order valence-electron chi connectivity index (χ3n) is 5.60. The highest BCUT2D eigenvalue weighted by atomic mass is 16.3. The quantitative estimate of drug-likeness (QED) is 0.115. The first-order valence-electron chi connectivity index (χ1n) is 10.5. The number of aromatic hydroxyl groups is 3. The lowest BCUT2D eigenvalue weighted by atomic mass is 9.83. The molecule has 0 atom stereocenters. The van der Waals surface area contributed by atoms with Gasteiger partial charge in [0.05, 0.1) is 17.0 Å². The van der Waals surface area contributed by atoms with Crippen molar-refractivity contribution < 1.29 is 24.9 Å². The predicted octanol–water partition coefficient (Wildman–Crippen LogP) is 3.93. The molecule has 9 nitrogen and oxygen atoms in total. The molecule has 6 N–H and O–H groups in total. The minimum Gasteiger partial charge on any atom is -0.508 e. The van der Waals surface area contributed by atoms with Gasteiger partial charge in [-0.05, 0) is 24.3 Å². The maximum absolute atomic E-state index is 13.2. The molecule has 2 aliphatic rings. The third-order valence-corrected chi connectivity index (χ3v) is 5.60. The molecule has 3 aromatic rings. The summed E-state index contributed by atoms with van der Waals surface area (Å²) in [6.07, 6.45) is 4.67. The van der Waals surface area contributed by atoms with Gasteiger partial charge in [0.15, 0.2) is 23.1 Å². The maximum Gasteiger partial charge on any atom is 0.196 e. The SMILES string of the molecule is N=C1C=C(Nc2cccc3c2C(=O)c2ccccc2C3=O)C=C/C1=N/Nc1cc(O)cc(O)c1O. The van der Waals surface area contributed by atoms with Gasteiger partial charge in [-0.1, -0.05) is 36.4 Å². The number of hydrogen-bond acceptors (Lipinski definition) is 9. The van der Waals surface area contributed by atoms with Crippen molar-refractivity contribution in [2.75, 3.05) is 10.7 Å². The second-order valence-corrected chi connectivity index (χ2v) is 7.87. The van der Waals surface area contributed by atoms with Crippen LogP contribution in [0.25, 0.3) is 0 Å². The summed E-state index contributed by atoms with van der Waals surface area (Å²) in [6, 6.07) is 13.9. The Bertz CT molecular complexity index is 1530. The Labute approximate surface area is 198 Å². The minimum atomic E-state index is -0.518. The Morgan fingerprint density at radius 1 is 0.800 bits per heavy atom. The first kappa shape index (κ1) is 21.7. The molecule has 0 spiro atoms. The summed E-state index contributed by atoms with van der Waals surface area (Å²) in [6.45, 7) is 0. The Balaban J connectivity index is 1.39. The Kier molecular flexibility index (Phi) is 5.14. The van der Waals surface area contributed by atoms with E-state index in [1.165, 1.54) is 18.2 Å². The van der Waals surface area contributed by atoms with Gasteiger partial charge < -0.3 is 20.6 Å². The van der Waals surface area contributed by atoms with Gasteiger partial charge in [0.25, 0.3) is 0 Å². The fourth-order valence-corrected chi connectivity index (χ4v) is 3.93. The zero-order chi connectivity index (χ0) is 24.7. The maximum atomic E-state index is 13.2. The highest BCUT2D eigenvalue weighted by Gasteiger charge is 2.31. The minimum absolute atomic E-state index is 0.0175. The fraction of sp³-hybridized carbons (Fsp3) is 0. The zero-order valence-corrected chi connectivity index (χ0v) is 18.0. The van der Waals surface area contributed by atoms with Crippen LogP contribution in [0.5, 0.6) is 17.2 Å². The average molecular weight is 466 g/mol. The molecule has 0 fully saturated rings. The Hall–Kier alpha value is -5.18. The molecule has 0 saturated carbocycles. The number of benzene rings is 3. The first-order chi connectivity index (χ1) is 16.8. The third kappa shape index (κ3) is 3.80. The van der Waals surface area contributed by atoms with Crippen LogP contribution in [0.2, 0.25) is 0 Å². The standard InChI is InChI=1S/C26H18N4O5/c27-18-10-13(8-9-19(18)29-30-21-11-14(31)12-22(32)26(21)35)28-20-7-3-6-17-23(20)25(34)16-5-2-1-4-15(16)24(17)33/h1-12,27-28,30-32,35H/b27-18?,29-19-. The topological polar surface area (TPSA) is 155 Å². The van der Waals surface area contributed by atoms with Gasteiger partial charge in [0, 0.05) is 34.5 Å². The largest absolute Gasteiger partial charge is 0.508 e. The second kappa shape index (κ2) is 8.31. The number of phenolic OH excluding ortho intramolecular Hbond substituents is 3. The number of ketones is 2. The van der Waals surface area contributed by atoms with Gasteiger partial charge in [-0.3, -0.25) is 20.4 Å². The zero-order valence-electron chi connectivity index (χ0n) is 18.0. The molecule has 172 valence electrons. The molecular weight excluding hydrogens is 448 g/mol. The van der Waals surface area contributed by atoms with Crippen molar-refractivity contribution in [1.82, 2.24) is 0 Å². The van der Waals surface area contributed by atoms with Gasteiger partial charge in [0.1, 0.15) is 17.1 Å². The summed E-state index contributed by atoms with van der Waals surface area (Å²) in [5.41, 5.74) is 4.96. The van der Waals surface area contributed by atoms with Crippen LogP contribution < -0.4 is 10.7 Å². The summed E-state index contributed by atoms with van der Waals surface area (Å²) in [5.74, 6) is -1.76. The Morgan fingerprint density at radius 3 is 2.26 bits per heavy atom. The summed E-state index contributed by atoms with van der Waals surface area (Å²) in [5, 5.41) is 44.5. The molecule has 5 rings (SSSR count). The summed E-state index contributed by atoms with van der Waals surface area (Å²) in [7, 11) is 0. The van der Waals surface area contributed by atoms with E-state index in [-0.39, 0.29) is 40.0 Å². The molecule has 0 amide bonds. The van der Waals surface area contributed by atoms with E-state index in [0.29, 0.717) is 28.1 Å². The number of carbonyl (C=O) groups excluding carboxylic acids is 2. The number of nitrogens with zero attached hydrogens (tertiary/aromatic N) is 1. The molecule has 0 bridgehead atoms. The summed E-state index contributed by atoms with van der Waals surface area (Å²) in [4.78, 5) is 26.1. The van der Waals surface area contributed by atoms with Crippen LogP contribution in [-0.2, 0) is 0 Å². The molecule has 0 saturated heterocycles. The fourth-order valence-electron chi connectivity index (χ4n) is 3.93. The number of rotatable bonds is 4. The van der Waals surface area contributed by atoms with Gasteiger partial charge in [-0.15, -0.1) is 0 Å². The predicted molar refractivity (Wildman–Crippen MR) is 131 cm³/mol. The lowest BCUT2D eigenvalue weighted by Crippen LogP contribution is -2.23. The van der Waals surface area contributed by atoms with Gasteiger partial charge in [0.2, 0.25) is 0 Å². The lowest BCUT2D eigenvalue weighted by Gasteiger charge is -2.21. The lowest BCUT2D eigenvalue weighted by molar-refractivity contribution is 0.0979. The van der Waals surface area contributed by atoms with Crippen molar-refractivity contribution in [3.8, 4) is 17.2 Å². The van der Waals surface area contributed by atoms with E-state index in [4.69, 9.17) is 5.41 Å². The van der Waals surface area contributed by atoms with Crippen LogP contribution >= 0.6 is 0 Å². The van der Waals surface area contributed by atoms with E-state index < -0.39 is 11.5 Å². The molecule has 35 heavy (non-hydrogen) atoms. The normalized spacial score (nSPS) is 15.5. The Morgan fingerprint density at radius 2 is 1.51 bits per heavy atom. The molecular formula is C26H18N4O5. The van der Waals surface area contributed by atoms with Crippen molar-refractivity contribution in [3.05, 3.63) is 101 Å². The van der Waals surface area contributed by atoms with E-state index in [9.17, 15) is 24.9 Å². The molecule has 0 radical (unpaired) electrons. The highest BCUT2D eigenvalue weighted by Crippen LogP contribution is 2.37. The van der Waals surface area contributed by atoms with Crippen molar-refractivity contribution in [3.63, 3.8) is 0 Å². The van der Waals surface area contributed by atoms with E-state index >= 15 is 0 Å². The monoisotopic (exact) mass is 466 g/mol. The van der Waals surface area contributed by atoms with E-state index in [1.807, 2.05) is 0 Å². The van der Waals surface area contributed by atoms with Gasteiger partial charge in [-0.25, -0.2) is 0 Å². The summed E-state index contributed by atoms with van der Waals surface area (Å²) >= 11 is 0. The van der Waals surface area contributed by atoms with Gasteiger partial charge >= 0.3 is 0 Å². The van der Waals surface area contributed by atoms with Crippen LogP contribution in [0.3, 0.4) is 0 Å². The molecule has 0 heterocycles. The van der Waals surface area contributed by atoms with Gasteiger partial charge in [-0.2, -0.15) is 5.10 Å². The second-order valence-electron chi connectivity index (χ2n) is 7.87. The van der Waals surface area contributed by atoms with Crippen LogP contribution in [0, 0.1) is 5.41 Å². The molecule has 0 unspecified atom stereocenters. The molecule has 0 aromatic heterocycles. The number of carbonyl (C=O) groups is 2. The molecule has 9 heteroatoms. The van der Waals surface area contributed by atoms with Crippen LogP contribution in [0.15, 0.2) is 83.6 Å². The number of phenols is 3. The summed E-state index contributed by atoms with van der Waals surface area (Å²) < 4.78 is 0. The number of allylic oxidation sites excluding steroid dienone is 3. The van der Waals surface area contributed by atoms with Crippen LogP contribution in [0.1, 0.15) is 31.8 Å². The molecule has 3 aromatic carbocycles. The van der Waals surface area contributed by atoms with Crippen molar-refractivity contribution in [2.45, 2.75) is 0 Å². The van der Waals surface area contributed by atoms with E-state index in [2.05, 4.69) is 15.8 Å². The van der Waals surface area contributed by atoms with Crippen molar-refractivity contribution in [1.29, 1.82) is 5.41 Å². The number of nitrogens with one attached hydrogen (secondary N) is 3. The van der Waals surface area contributed by atoms with E-state index in [0.717, 1.165) is 6.07 Å². The van der Waals surface area contributed by atoms with Crippen LogP contribution in [-0.4, -0.2) is 38.3 Å². The molecule has 0 aliphatic heterocycles. The molecule has 2 aliphatic carbocycles. The van der Waals surface area contributed by atoms with Crippen molar-refractivity contribution in [2.24, 2.45) is 5.10 Å². The van der Waals surface area contributed by atoms with Crippen molar-refractivity contribution >= 4 is 34.4 Å².